The Kier molecular flexibility index (Phi) is 3.42. The summed E-state index contributed by atoms with van der Waals surface area (Å²) in [7, 11) is 0. The van der Waals surface area contributed by atoms with Crippen LogP contribution in [0.4, 0.5) is 11.5 Å². The largest absolute Gasteiger partial charge is 0.302 e. The Labute approximate surface area is 125 Å². The van der Waals surface area contributed by atoms with Gasteiger partial charge in [-0.25, -0.2) is 4.98 Å². The van der Waals surface area contributed by atoms with E-state index in [2.05, 4.69) is 15.2 Å². The van der Waals surface area contributed by atoms with Gasteiger partial charge in [0.2, 0.25) is 0 Å². The molecule has 2 aromatic heterocycles. The van der Waals surface area contributed by atoms with Crippen LogP contribution in [0.1, 0.15) is 5.69 Å². The fourth-order valence-corrected chi connectivity index (χ4v) is 2.31. The first-order valence-corrected chi connectivity index (χ1v) is 6.71. The van der Waals surface area contributed by atoms with E-state index >= 15 is 0 Å². The molecule has 0 unspecified atom stereocenters. The lowest BCUT2D eigenvalue weighted by atomic mass is 10.3. The van der Waals surface area contributed by atoms with Crippen LogP contribution in [0.3, 0.4) is 0 Å². The van der Waals surface area contributed by atoms with E-state index in [-0.39, 0.29) is 0 Å². The summed E-state index contributed by atoms with van der Waals surface area (Å²) in [6.45, 7) is 1.94. The third kappa shape index (κ3) is 2.40. The summed E-state index contributed by atoms with van der Waals surface area (Å²) in [6.07, 6.45) is 1.94. The number of fused-ring (bicyclic) bond motifs is 1. The number of azo groups is 1. The van der Waals surface area contributed by atoms with Gasteiger partial charge in [-0.05, 0) is 37.3 Å². The minimum Gasteiger partial charge on any atom is -0.302 e. The number of nitrogens with zero attached hydrogens (tertiary/aromatic N) is 4. The van der Waals surface area contributed by atoms with Gasteiger partial charge in [0.05, 0.1) is 10.7 Å². The average Bonchev–Trinajstić information content (AvgIpc) is 2.75. The Morgan fingerprint density at radius 1 is 1.10 bits per heavy atom. The van der Waals surface area contributed by atoms with Crippen molar-refractivity contribution in [3.63, 3.8) is 0 Å². The molecule has 6 heteroatoms. The first kappa shape index (κ1) is 13.1. The van der Waals surface area contributed by atoms with Gasteiger partial charge in [0.25, 0.3) is 0 Å². The predicted molar refractivity (Wildman–Crippen MR) is 80.6 cm³/mol. The zero-order valence-electron chi connectivity index (χ0n) is 10.6. The van der Waals surface area contributed by atoms with Crippen LogP contribution in [-0.2, 0) is 0 Å². The highest BCUT2D eigenvalue weighted by molar-refractivity contribution is 6.36. The second-order valence-corrected chi connectivity index (χ2v) is 5.09. The van der Waals surface area contributed by atoms with E-state index in [1.165, 1.54) is 0 Å². The van der Waals surface area contributed by atoms with Gasteiger partial charge in [0.1, 0.15) is 11.3 Å². The van der Waals surface area contributed by atoms with Gasteiger partial charge in [0.15, 0.2) is 5.82 Å². The summed E-state index contributed by atoms with van der Waals surface area (Å²) in [5.41, 5.74) is 2.32. The molecule has 0 saturated carbocycles. The van der Waals surface area contributed by atoms with E-state index in [4.69, 9.17) is 23.2 Å². The van der Waals surface area contributed by atoms with Crippen LogP contribution in [-0.4, -0.2) is 9.38 Å². The lowest BCUT2D eigenvalue weighted by molar-refractivity contribution is 1.09. The Balaban J connectivity index is 2.00. The molecule has 0 amide bonds. The second-order valence-electron chi connectivity index (χ2n) is 4.25. The minimum absolute atomic E-state index is 0.461. The summed E-state index contributed by atoms with van der Waals surface area (Å²) in [4.78, 5) is 4.41. The molecule has 1 aromatic carbocycles. The topological polar surface area (TPSA) is 42.0 Å². The molecule has 20 heavy (non-hydrogen) atoms. The molecular weight excluding hydrogens is 295 g/mol. The molecular formula is C14H10Cl2N4. The number of pyridine rings is 1. The van der Waals surface area contributed by atoms with Crippen molar-refractivity contribution in [3.8, 4) is 0 Å². The van der Waals surface area contributed by atoms with Gasteiger partial charge in [0, 0.05) is 11.2 Å². The van der Waals surface area contributed by atoms with Gasteiger partial charge in [-0.3, -0.25) is 0 Å². The number of aryl methyl sites for hydroxylation is 1. The van der Waals surface area contributed by atoms with E-state index in [9.17, 15) is 0 Å². The molecule has 0 spiro atoms. The molecule has 4 nitrogen and oxygen atoms in total. The van der Waals surface area contributed by atoms with Crippen LogP contribution in [0.5, 0.6) is 0 Å². The average molecular weight is 305 g/mol. The molecule has 0 radical (unpaired) electrons. The predicted octanol–water partition coefficient (Wildman–Crippen LogP) is 5.36. The summed E-state index contributed by atoms with van der Waals surface area (Å²) < 4.78 is 1.96. The monoisotopic (exact) mass is 304 g/mol. The highest BCUT2D eigenvalue weighted by Gasteiger charge is 2.07. The molecule has 0 aliphatic carbocycles. The zero-order chi connectivity index (χ0) is 14.1. The van der Waals surface area contributed by atoms with E-state index in [1.807, 2.05) is 35.7 Å². The van der Waals surface area contributed by atoms with Crippen molar-refractivity contribution in [1.29, 1.82) is 0 Å². The van der Waals surface area contributed by atoms with Crippen LogP contribution >= 0.6 is 23.2 Å². The van der Waals surface area contributed by atoms with Gasteiger partial charge < -0.3 is 4.40 Å². The summed E-state index contributed by atoms with van der Waals surface area (Å²) in [5, 5.41) is 9.33. The van der Waals surface area contributed by atoms with Gasteiger partial charge >= 0.3 is 0 Å². The number of rotatable bonds is 2. The molecule has 0 atom stereocenters. The van der Waals surface area contributed by atoms with E-state index in [0.29, 0.717) is 21.6 Å². The highest BCUT2D eigenvalue weighted by atomic mass is 35.5. The lowest BCUT2D eigenvalue weighted by Gasteiger charge is -1.97. The Bertz CT molecular complexity index is 808. The first-order valence-electron chi connectivity index (χ1n) is 5.95. The molecule has 0 saturated heterocycles. The SMILES string of the molecule is Cc1c(N=Nc2ccc(Cl)cc2Cl)nc2ccccn12. The molecule has 3 rings (SSSR count). The third-order valence-electron chi connectivity index (χ3n) is 2.91. The third-order valence-corrected chi connectivity index (χ3v) is 3.44. The van der Waals surface area contributed by atoms with Crippen molar-refractivity contribution in [3.05, 3.63) is 58.3 Å². The lowest BCUT2D eigenvalue weighted by Crippen LogP contribution is -1.83. The smallest absolute Gasteiger partial charge is 0.196 e. The van der Waals surface area contributed by atoms with Crippen LogP contribution < -0.4 is 0 Å². The molecule has 0 bridgehead atoms. The standard InChI is InChI=1S/C14H10Cl2N4/c1-9-14(17-13-4-2-3-7-20(9)13)19-18-12-6-5-10(15)8-11(12)16/h2-8H,1H3. The summed E-state index contributed by atoms with van der Waals surface area (Å²) >= 11 is 11.9. The quantitative estimate of drug-likeness (QED) is 0.587. The second kappa shape index (κ2) is 5.23. The summed E-state index contributed by atoms with van der Waals surface area (Å²) in [5.74, 6) is 0.571. The zero-order valence-corrected chi connectivity index (χ0v) is 12.1. The maximum absolute atomic E-state index is 6.05. The van der Waals surface area contributed by atoms with Crippen molar-refractivity contribution in [2.24, 2.45) is 10.2 Å². The number of imidazole rings is 1. The van der Waals surface area contributed by atoms with Crippen molar-refractivity contribution in [1.82, 2.24) is 9.38 Å². The molecule has 0 N–H and O–H groups in total. The normalized spacial score (nSPS) is 11.6. The van der Waals surface area contributed by atoms with Crippen molar-refractivity contribution in [2.45, 2.75) is 6.92 Å². The maximum atomic E-state index is 6.05. The fourth-order valence-electron chi connectivity index (χ4n) is 1.86. The molecule has 0 fully saturated rings. The van der Waals surface area contributed by atoms with E-state index in [1.54, 1.807) is 18.2 Å². The Morgan fingerprint density at radius 2 is 1.95 bits per heavy atom. The minimum atomic E-state index is 0.461. The van der Waals surface area contributed by atoms with Crippen molar-refractivity contribution >= 4 is 40.4 Å². The highest BCUT2D eigenvalue weighted by Crippen LogP contribution is 2.30. The number of hydrogen-bond acceptors (Lipinski definition) is 3. The molecule has 0 aliphatic rings. The molecule has 2 heterocycles. The van der Waals surface area contributed by atoms with Gasteiger partial charge in [-0.1, -0.05) is 29.3 Å². The summed E-state index contributed by atoms with van der Waals surface area (Å²) in [6, 6.07) is 10.9. The van der Waals surface area contributed by atoms with E-state index < -0.39 is 0 Å². The molecule has 3 aromatic rings. The molecule has 0 aliphatic heterocycles. The Hall–Kier alpha value is -1.91. The van der Waals surface area contributed by atoms with Crippen LogP contribution in [0, 0.1) is 6.92 Å². The molecule has 100 valence electrons. The van der Waals surface area contributed by atoms with E-state index in [0.717, 1.165) is 11.3 Å². The number of hydrogen-bond donors (Lipinski definition) is 0. The van der Waals surface area contributed by atoms with Gasteiger partial charge in [-0.15, -0.1) is 10.2 Å². The van der Waals surface area contributed by atoms with Crippen LogP contribution in [0.15, 0.2) is 52.8 Å². The Morgan fingerprint density at radius 3 is 2.70 bits per heavy atom. The maximum Gasteiger partial charge on any atom is 0.196 e. The number of benzene rings is 1. The van der Waals surface area contributed by atoms with Crippen LogP contribution in [0.25, 0.3) is 5.65 Å². The number of halogens is 2. The van der Waals surface area contributed by atoms with Crippen LogP contribution in [0.2, 0.25) is 10.0 Å². The van der Waals surface area contributed by atoms with Gasteiger partial charge in [-0.2, -0.15) is 0 Å². The van der Waals surface area contributed by atoms with Crippen molar-refractivity contribution < 1.29 is 0 Å². The van der Waals surface area contributed by atoms with Crippen molar-refractivity contribution in [2.75, 3.05) is 0 Å². The first-order chi connectivity index (χ1) is 9.65. The number of aromatic nitrogens is 2. The fraction of sp³-hybridized carbons (Fsp3) is 0.0714.